The van der Waals surface area contributed by atoms with E-state index < -0.39 is 0 Å². The summed E-state index contributed by atoms with van der Waals surface area (Å²) in [6, 6.07) is 9.65. The Labute approximate surface area is 168 Å². The van der Waals surface area contributed by atoms with Crippen molar-refractivity contribution in [1.82, 2.24) is 19.7 Å². The van der Waals surface area contributed by atoms with Crippen LogP contribution in [0.15, 0.2) is 47.9 Å². The van der Waals surface area contributed by atoms with Gasteiger partial charge in [-0.3, -0.25) is 14.3 Å². The molecule has 7 nitrogen and oxygen atoms in total. The molecule has 146 valence electrons. The number of thioether (sulfide) groups is 1. The van der Waals surface area contributed by atoms with E-state index in [9.17, 15) is 4.79 Å². The quantitative estimate of drug-likeness (QED) is 0.587. The molecule has 0 saturated carbocycles. The number of carbonyl (C=O) groups is 1. The Kier molecular flexibility index (Phi) is 6.78. The molecule has 2 heterocycles. The van der Waals surface area contributed by atoms with E-state index in [4.69, 9.17) is 4.74 Å². The Morgan fingerprint density at radius 3 is 2.64 bits per heavy atom. The summed E-state index contributed by atoms with van der Waals surface area (Å²) in [6.07, 6.45) is 3.43. The van der Waals surface area contributed by atoms with E-state index in [0.29, 0.717) is 18.3 Å². The third-order valence-corrected chi connectivity index (χ3v) is 5.26. The molecule has 0 spiro atoms. The van der Waals surface area contributed by atoms with Crippen molar-refractivity contribution >= 4 is 23.4 Å². The molecule has 1 aromatic carbocycles. The maximum absolute atomic E-state index is 12.4. The lowest BCUT2D eigenvalue weighted by Crippen LogP contribution is -2.15. The highest BCUT2D eigenvalue weighted by molar-refractivity contribution is 7.99. The number of methoxy groups -OCH3 is 1. The number of ether oxygens (including phenoxy) is 1. The van der Waals surface area contributed by atoms with Crippen LogP contribution in [0.25, 0.3) is 11.4 Å². The van der Waals surface area contributed by atoms with E-state index >= 15 is 0 Å². The van der Waals surface area contributed by atoms with Crippen LogP contribution in [0, 0.1) is 13.8 Å². The summed E-state index contributed by atoms with van der Waals surface area (Å²) < 4.78 is 7.17. The van der Waals surface area contributed by atoms with Crippen molar-refractivity contribution in [3.8, 4) is 11.4 Å². The van der Waals surface area contributed by atoms with Gasteiger partial charge in [0.2, 0.25) is 5.91 Å². The number of amides is 1. The molecule has 1 amide bonds. The summed E-state index contributed by atoms with van der Waals surface area (Å²) in [7, 11) is 1.65. The van der Waals surface area contributed by atoms with Gasteiger partial charge in [0.1, 0.15) is 0 Å². The van der Waals surface area contributed by atoms with Gasteiger partial charge in [0.15, 0.2) is 11.0 Å². The Bertz CT molecular complexity index is 943. The minimum Gasteiger partial charge on any atom is -0.383 e. The Balaban J connectivity index is 1.70. The van der Waals surface area contributed by atoms with Crippen LogP contribution in [0.5, 0.6) is 0 Å². The Morgan fingerprint density at radius 2 is 1.93 bits per heavy atom. The monoisotopic (exact) mass is 397 g/mol. The van der Waals surface area contributed by atoms with Crippen LogP contribution in [0.2, 0.25) is 0 Å². The lowest BCUT2D eigenvalue weighted by atomic mass is 10.1. The van der Waals surface area contributed by atoms with E-state index in [0.717, 1.165) is 22.6 Å². The zero-order valence-corrected chi connectivity index (χ0v) is 17.0. The minimum absolute atomic E-state index is 0.0833. The highest BCUT2D eigenvalue weighted by atomic mass is 32.2. The first kappa shape index (κ1) is 20.0. The zero-order chi connectivity index (χ0) is 19.9. The van der Waals surface area contributed by atoms with E-state index in [-0.39, 0.29) is 11.7 Å². The second kappa shape index (κ2) is 9.48. The summed E-state index contributed by atoms with van der Waals surface area (Å²) in [4.78, 5) is 16.4. The van der Waals surface area contributed by atoms with Crippen LogP contribution in [-0.2, 0) is 16.1 Å². The number of nitrogens with one attached hydrogen (secondary N) is 1. The van der Waals surface area contributed by atoms with Crippen LogP contribution in [0.4, 0.5) is 5.69 Å². The number of aryl methyl sites for hydroxylation is 2. The molecule has 0 bridgehead atoms. The average Bonchev–Trinajstić information content (AvgIpc) is 3.11. The number of anilines is 1. The van der Waals surface area contributed by atoms with Gasteiger partial charge >= 0.3 is 0 Å². The summed E-state index contributed by atoms with van der Waals surface area (Å²) >= 11 is 1.35. The van der Waals surface area contributed by atoms with Crippen molar-refractivity contribution in [2.24, 2.45) is 0 Å². The van der Waals surface area contributed by atoms with Gasteiger partial charge in [-0.15, -0.1) is 10.2 Å². The number of pyridine rings is 1. The van der Waals surface area contributed by atoms with Gasteiger partial charge in [-0.25, -0.2) is 0 Å². The smallest absolute Gasteiger partial charge is 0.234 e. The molecule has 3 aromatic rings. The lowest BCUT2D eigenvalue weighted by molar-refractivity contribution is -0.113. The standard InChI is InChI=1S/C20H23N5O2S/c1-14-4-5-17(12-15(14)2)22-18(26)13-28-20-24-23-19(25(20)10-11-27-3)16-6-8-21-9-7-16/h4-9,12H,10-11,13H2,1-3H3,(H,22,26). The Hall–Kier alpha value is -2.71. The van der Waals surface area contributed by atoms with Crippen molar-refractivity contribution in [3.05, 3.63) is 53.9 Å². The molecule has 0 aliphatic heterocycles. The first-order valence-corrected chi connectivity index (χ1v) is 9.89. The fourth-order valence-electron chi connectivity index (χ4n) is 2.64. The van der Waals surface area contributed by atoms with Crippen molar-refractivity contribution in [2.75, 3.05) is 24.8 Å². The molecule has 0 radical (unpaired) electrons. The fraction of sp³-hybridized carbons (Fsp3) is 0.300. The molecular formula is C20H23N5O2S. The number of hydrogen-bond acceptors (Lipinski definition) is 6. The fourth-order valence-corrected chi connectivity index (χ4v) is 3.41. The van der Waals surface area contributed by atoms with Gasteiger partial charge in [0.05, 0.1) is 18.9 Å². The first-order chi connectivity index (χ1) is 13.6. The number of benzene rings is 1. The second-order valence-electron chi connectivity index (χ2n) is 6.32. The molecular weight excluding hydrogens is 374 g/mol. The van der Waals surface area contributed by atoms with E-state index in [2.05, 4.69) is 20.5 Å². The minimum atomic E-state index is -0.0833. The van der Waals surface area contributed by atoms with E-state index in [1.165, 1.54) is 17.3 Å². The molecule has 0 saturated heterocycles. The summed E-state index contributed by atoms with van der Waals surface area (Å²) in [5.74, 6) is 0.894. The third-order valence-electron chi connectivity index (χ3n) is 4.30. The number of carbonyl (C=O) groups excluding carboxylic acids is 1. The van der Waals surface area contributed by atoms with Gasteiger partial charge < -0.3 is 10.1 Å². The molecule has 2 aromatic heterocycles. The topological polar surface area (TPSA) is 81.9 Å². The summed E-state index contributed by atoms with van der Waals surface area (Å²) in [6.45, 7) is 5.20. The SMILES string of the molecule is COCCn1c(SCC(=O)Nc2ccc(C)c(C)c2)nnc1-c1ccncc1. The molecule has 0 atom stereocenters. The maximum atomic E-state index is 12.4. The highest BCUT2D eigenvalue weighted by Gasteiger charge is 2.15. The van der Waals surface area contributed by atoms with Crippen LogP contribution < -0.4 is 5.32 Å². The van der Waals surface area contributed by atoms with Crippen molar-refractivity contribution < 1.29 is 9.53 Å². The number of nitrogens with zero attached hydrogens (tertiary/aromatic N) is 4. The molecule has 8 heteroatoms. The third kappa shape index (κ3) is 4.96. The zero-order valence-electron chi connectivity index (χ0n) is 16.2. The molecule has 3 rings (SSSR count). The maximum Gasteiger partial charge on any atom is 0.234 e. The van der Waals surface area contributed by atoms with Gasteiger partial charge in [0, 0.05) is 30.8 Å². The molecule has 28 heavy (non-hydrogen) atoms. The van der Waals surface area contributed by atoms with Crippen molar-refractivity contribution in [3.63, 3.8) is 0 Å². The van der Waals surface area contributed by atoms with Gasteiger partial charge in [-0.2, -0.15) is 0 Å². The van der Waals surface area contributed by atoms with Crippen LogP contribution in [0.1, 0.15) is 11.1 Å². The lowest BCUT2D eigenvalue weighted by Gasteiger charge is -2.10. The predicted molar refractivity (Wildman–Crippen MR) is 110 cm³/mol. The predicted octanol–water partition coefficient (Wildman–Crippen LogP) is 3.33. The van der Waals surface area contributed by atoms with Gasteiger partial charge in [0.25, 0.3) is 0 Å². The normalized spacial score (nSPS) is 10.8. The van der Waals surface area contributed by atoms with Gasteiger partial charge in [-0.1, -0.05) is 17.8 Å². The number of rotatable bonds is 8. The van der Waals surface area contributed by atoms with Crippen molar-refractivity contribution in [2.45, 2.75) is 25.5 Å². The van der Waals surface area contributed by atoms with Gasteiger partial charge in [-0.05, 0) is 49.2 Å². The first-order valence-electron chi connectivity index (χ1n) is 8.91. The van der Waals surface area contributed by atoms with Crippen LogP contribution in [0.3, 0.4) is 0 Å². The molecule has 0 aliphatic carbocycles. The number of aromatic nitrogens is 4. The largest absolute Gasteiger partial charge is 0.383 e. The molecule has 1 N–H and O–H groups in total. The molecule has 0 aliphatic rings. The molecule has 0 fully saturated rings. The van der Waals surface area contributed by atoms with Crippen LogP contribution in [-0.4, -0.2) is 45.1 Å². The average molecular weight is 398 g/mol. The highest BCUT2D eigenvalue weighted by Crippen LogP contribution is 2.24. The van der Waals surface area contributed by atoms with Crippen LogP contribution >= 0.6 is 11.8 Å². The van der Waals surface area contributed by atoms with E-state index in [1.54, 1.807) is 19.5 Å². The second-order valence-corrected chi connectivity index (χ2v) is 7.26. The summed E-state index contributed by atoms with van der Waals surface area (Å²) in [5.41, 5.74) is 4.06. The number of hydrogen-bond donors (Lipinski definition) is 1. The van der Waals surface area contributed by atoms with E-state index in [1.807, 2.05) is 48.7 Å². The Morgan fingerprint density at radius 1 is 1.14 bits per heavy atom. The summed E-state index contributed by atoms with van der Waals surface area (Å²) in [5, 5.41) is 12.2. The van der Waals surface area contributed by atoms with Crippen molar-refractivity contribution in [1.29, 1.82) is 0 Å². The molecule has 0 unspecified atom stereocenters.